The number of aliphatic hydroxyl groups is 1. The standard InChI is InChI=1S/C15H21ClO2/c1-3-15(8-4-5-9-15)14(17)11-6-7-12(16)13(10-11)18-2/h6-7,10,14,17H,3-5,8-9H2,1-2H3. The number of ether oxygens (including phenoxy) is 1. The number of hydrogen-bond donors (Lipinski definition) is 1. The molecule has 1 aromatic rings. The van der Waals surface area contributed by atoms with E-state index in [2.05, 4.69) is 6.92 Å². The molecule has 2 nitrogen and oxygen atoms in total. The Labute approximate surface area is 114 Å². The van der Waals surface area contributed by atoms with Crippen molar-refractivity contribution in [3.8, 4) is 5.75 Å². The van der Waals surface area contributed by atoms with Crippen molar-refractivity contribution in [3.63, 3.8) is 0 Å². The number of methoxy groups -OCH3 is 1. The maximum Gasteiger partial charge on any atom is 0.137 e. The SMILES string of the molecule is CCC1(C(O)c2ccc(Cl)c(OC)c2)CCCC1. The molecular weight excluding hydrogens is 248 g/mol. The van der Waals surface area contributed by atoms with Gasteiger partial charge in [0.15, 0.2) is 0 Å². The summed E-state index contributed by atoms with van der Waals surface area (Å²) < 4.78 is 5.22. The molecule has 3 heteroatoms. The van der Waals surface area contributed by atoms with Crippen LogP contribution < -0.4 is 4.74 Å². The molecule has 0 saturated heterocycles. The quantitative estimate of drug-likeness (QED) is 0.880. The van der Waals surface area contributed by atoms with E-state index in [9.17, 15) is 5.11 Å². The van der Waals surface area contributed by atoms with Gasteiger partial charge in [-0.3, -0.25) is 0 Å². The summed E-state index contributed by atoms with van der Waals surface area (Å²) in [6.07, 6.45) is 5.24. The van der Waals surface area contributed by atoms with Gasteiger partial charge in [0.05, 0.1) is 18.2 Å². The monoisotopic (exact) mass is 268 g/mol. The van der Waals surface area contributed by atoms with E-state index in [1.165, 1.54) is 12.8 Å². The maximum atomic E-state index is 10.7. The van der Waals surface area contributed by atoms with Gasteiger partial charge in [-0.2, -0.15) is 0 Å². The molecule has 18 heavy (non-hydrogen) atoms. The molecule has 1 atom stereocenters. The van der Waals surface area contributed by atoms with Crippen LogP contribution in [0, 0.1) is 5.41 Å². The average molecular weight is 269 g/mol. The van der Waals surface area contributed by atoms with Gasteiger partial charge in [0.25, 0.3) is 0 Å². The largest absolute Gasteiger partial charge is 0.495 e. The van der Waals surface area contributed by atoms with Gasteiger partial charge in [0, 0.05) is 5.41 Å². The summed E-state index contributed by atoms with van der Waals surface area (Å²) in [6.45, 7) is 2.17. The second kappa shape index (κ2) is 5.50. The van der Waals surface area contributed by atoms with Crippen molar-refractivity contribution in [2.75, 3.05) is 7.11 Å². The Morgan fingerprint density at radius 2 is 2.06 bits per heavy atom. The molecule has 1 saturated carbocycles. The van der Waals surface area contributed by atoms with Crippen LogP contribution in [0.5, 0.6) is 5.75 Å². The van der Waals surface area contributed by atoms with Crippen LogP contribution in [-0.4, -0.2) is 12.2 Å². The number of rotatable bonds is 4. The Morgan fingerprint density at radius 3 is 2.61 bits per heavy atom. The van der Waals surface area contributed by atoms with Gasteiger partial charge < -0.3 is 9.84 Å². The lowest BCUT2D eigenvalue weighted by Gasteiger charge is -2.33. The summed E-state index contributed by atoms with van der Waals surface area (Å²) in [5.74, 6) is 0.637. The molecule has 1 aliphatic rings. The second-order valence-electron chi connectivity index (χ2n) is 5.22. The molecule has 1 aromatic carbocycles. The molecule has 1 unspecified atom stereocenters. The lowest BCUT2D eigenvalue weighted by molar-refractivity contribution is 0.0236. The van der Waals surface area contributed by atoms with E-state index in [-0.39, 0.29) is 5.41 Å². The predicted octanol–water partition coefficient (Wildman–Crippen LogP) is 4.35. The third-order valence-electron chi connectivity index (χ3n) is 4.37. The highest BCUT2D eigenvalue weighted by Gasteiger charge is 2.39. The molecular formula is C15H21ClO2. The maximum absolute atomic E-state index is 10.7. The van der Waals surface area contributed by atoms with Crippen molar-refractivity contribution < 1.29 is 9.84 Å². The zero-order valence-electron chi connectivity index (χ0n) is 11.1. The Balaban J connectivity index is 2.30. The fourth-order valence-electron chi connectivity index (χ4n) is 3.10. The molecule has 0 aromatic heterocycles. The van der Waals surface area contributed by atoms with E-state index in [1.807, 2.05) is 12.1 Å². The molecule has 1 aliphatic carbocycles. The van der Waals surface area contributed by atoms with Gasteiger partial charge in [0.1, 0.15) is 5.75 Å². The first kappa shape index (κ1) is 13.7. The van der Waals surface area contributed by atoms with Crippen molar-refractivity contribution >= 4 is 11.6 Å². The summed E-state index contributed by atoms with van der Waals surface area (Å²) in [5, 5.41) is 11.3. The van der Waals surface area contributed by atoms with Crippen molar-refractivity contribution in [2.24, 2.45) is 5.41 Å². The minimum atomic E-state index is -0.420. The summed E-state index contributed by atoms with van der Waals surface area (Å²) >= 11 is 6.02. The Morgan fingerprint density at radius 1 is 1.39 bits per heavy atom. The molecule has 0 heterocycles. The van der Waals surface area contributed by atoms with Crippen LogP contribution in [0.15, 0.2) is 18.2 Å². The first-order valence-electron chi connectivity index (χ1n) is 6.64. The number of hydrogen-bond acceptors (Lipinski definition) is 2. The van der Waals surface area contributed by atoms with Crippen LogP contribution in [0.25, 0.3) is 0 Å². The molecule has 0 bridgehead atoms. The van der Waals surface area contributed by atoms with Gasteiger partial charge >= 0.3 is 0 Å². The van der Waals surface area contributed by atoms with Crippen LogP contribution in [0.1, 0.15) is 50.7 Å². The van der Waals surface area contributed by atoms with Crippen molar-refractivity contribution in [1.29, 1.82) is 0 Å². The average Bonchev–Trinajstić information content (AvgIpc) is 2.88. The fourth-order valence-corrected chi connectivity index (χ4v) is 3.29. The fraction of sp³-hybridized carbons (Fsp3) is 0.600. The number of benzene rings is 1. The minimum Gasteiger partial charge on any atom is -0.495 e. The van der Waals surface area contributed by atoms with Crippen LogP contribution >= 0.6 is 11.6 Å². The third-order valence-corrected chi connectivity index (χ3v) is 4.69. The van der Waals surface area contributed by atoms with Crippen LogP contribution in [-0.2, 0) is 0 Å². The first-order chi connectivity index (χ1) is 8.63. The van der Waals surface area contributed by atoms with E-state index in [1.54, 1.807) is 13.2 Å². The Bertz CT molecular complexity index is 411. The van der Waals surface area contributed by atoms with Crippen molar-refractivity contribution in [3.05, 3.63) is 28.8 Å². The van der Waals surface area contributed by atoms with Gasteiger partial charge in [-0.05, 0) is 37.0 Å². The Hall–Kier alpha value is -0.730. The molecule has 0 spiro atoms. The van der Waals surface area contributed by atoms with Crippen molar-refractivity contribution in [1.82, 2.24) is 0 Å². The highest BCUT2D eigenvalue weighted by molar-refractivity contribution is 6.32. The molecule has 1 fully saturated rings. The lowest BCUT2D eigenvalue weighted by Crippen LogP contribution is -2.25. The lowest BCUT2D eigenvalue weighted by atomic mass is 9.75. The molecule has 2 rings (SSSR count). The highest BCUT2D eigenvalue weighted by atomic mass is 35.5. The topological polar surface area (TPSA) is 29.5 Å². The number of halogens is 1. The zero-order chi connectivity index (χ0) is 13.2. The van der Waals surface area contributed by atoms with E-state index in [0.717, 1.165) is 24.8 Å². The minimum absolute atomic E-state index is 0.0405. The molecule has 0 amide bonds. The van der Waals surface area contributed by atoms with E-state index < -0.39 is 6.10 Å². The van der Waals surface area contributed by atoms with E-state index in [0.29, 0.717) is 10.8 Å². The first-order valence-corrected chi connectivity index (χ1v) is 7.02. The summed E-state index contributed by atoms with van der Waals surface area (Å²) in [5.41, 5.74) is 0.957. The molecule has 0 radical (unpaired) electrons. The second-order valence-corrected chi connectivity index (χ2v) is 5.63. The van der Waals surface area contributed by atoms with Crippen LogP contribution in [0.3, 0.4) is 0 Å². The number of aliphatic hydroxyl groups excluding tert-OH is 1. The smallest absolute Gasteiger partial charge is 0.137 e. The van der Waals surface area contributed by atoms with Crippen LogP contribution in [0.2, 0.25) is 5.02 Å². The van der Waals surface area contributed by atoms with Gasteiger partial charge in [0.2, 0.25) is 0 Å². The normalized spacial score (nSPS) is 19.8. The summed E-state index contributed by atoms with van der Waals surface area (Å²) in [7, 11) is 1.60. The molecule has 1 N–H and O–H groups in total. The molecule has 0 aliphatic heterocycles. The van der Waals surface area contributed by atoms with E-state index in [4.69, 9.17) is 16.3 Å². The van der Waals surface area contributed by atoms with Gasteiger partial charge in [-0.15, -0.1) is 0 Å². The third kappa shape index (κ3) is 2.36. The zero-order valence-corrected chi connectivity index (χ0v) is 11.8. The van der Waals surface area contributed by atoms with Crippen LogP contribution in [0.4, 0.5) is 0 Å². The summed E-state index contributed by atoms with van der Waals surface area (Å²) in [6, 6.07) is 5.57. The van der Waals surface area contributed by atoms with Gasteiger partial charge in [-0.25, -0.2) is 0 Å². The van der Waals surface area contributed by atoms with Gasteiger partial charge in [-0.1, -0.05) is 37.4 Å². The molecule has 100 valence electrons. The predicted molar refractivity (Wildman–Crippen MR) is 74.2 cm³/mol. The summed E-state index contributed by atoms with van der Waals surface area (Å²) in [4.78, 5) is 0. The highest BCUT2D eigenvalue weighted by Crippen LogP contribution is 2.50. The van der Waals surface area contributed by atoms with Crippen molar-refractivity contribution in [2.45, 2.75) is 45.1 Å². The van der Waals surface area contributed by atoms with E-state index >= 15 is 0 Å². The Kier molecular flexibility index (Phi) is 4.18.